The summed E-state index contributed by atoms with van der Waals surface area (Å²) in [6.07, 6.45) is 0.194. The third-order valence-corrected chi connectivity index (χ3v) is 2.41. The molecule has 0 aliphatic rings. The van der Waals surface area contributed by atoms with Crippen molar-refractivity contribution >= 4 is 22.4 Å². The Kier molecular flexibility index (Phi) is 3.42. The minimum Gasteiger partial charge on any atom is -0.460 e. The van der Waals surface area contributed by atoms with Gasteiger partial charge in [-0.2, -0.15) is 5.26 Å². The van der Waals surface area contributed by atoms with Gasteiger partial charge in [-0.15, -0.1) is 0 Å². The highest BCUT2D eigenvalue weighted by molar-refractivity contribution is 7.17. The molecule has 1 heterocycles. The lowest BCUT2D eigenvalue weighted by molar-refractivity contribution is 0.0518. The molecule has 6 heteroatoms. The van der Waals surface area contributed by atoms with E-state index in [0.29, 0.717) is 15.7 Å². The number of nitrogen functional groups attached to an aromatic ring is 1. The van der Waals surface area contributed by atoms with Gasteiger partial charge in [0.2, 0.25) is 0 Å². The first kappa shape index (κ1) is 10.5. The van der Waals surface area contributed by atoms with Crippen molar-refractivity contribution in [3.63, 3.8) is 0 Å². The number of carbonyl (C=O) groups excluding carboxylic acids is 1. The molecule has 0 radical (unpaired) electrons. The summed E-state index contributed by atoms with van der Waals surface area (Å²) in [6.45, 7) is 1.79. The zero-order valence-corrected chi connectivity index (χ0v) is 8.43. The van der Waals surface area contributed by atoms with Crippen LogP contribution in [0, 0.1) is 18.3 Å². The highest BCUT2D eigenvalue weighted by Gasteiger charge is 2.14. The van der Waals surface area contributed by atoms with Gasteiger partial charge in [0.25, 0.3) is 0 Å². The summed E-state index contributed by atoms with van der Waals surface area (Å²) in [7, 11) is 0. The smallest absolute Gasteiger partial charge is 0.350 e. The molecule has 0 unspecified atom stereocenters. The number of carbonyl (C=O) groups is 1. The molecule has 1 aromatic heterocycles. The normalized spacial score (nSPS) is 9.43. The summed E-state index contributed by atoms with van der Waals surface area (Å²) in [6, 6.07) is 1.88. The summed E-state index contributed by atoms with van der Waals surface area (Å²) in [5.74, 6) is -0.466. The second kappa shape index (κ2) is 4.58. The monoisotopic (exact) mass is 211 g/mol. The van der Waals surface area contributed by atoms with Crippen molar-refractivity contribution in [2.75, 3.05) is 12.3 Å². The van der Waals surface area contributed by atoms with Crippen LogP contribution < -0.4 is 5.73 Å². The standard InChI is InChI=1S/C8H9N3O2S/c1-5-6(14-8(10)11-5)7(12)13-4-2-3-9/h2,4H2,1H3,(H2,10,11). The van der Waals surface area contributed by atoms with E-state index >= 15 is 0 Å². The van der Waals surface area contributed by atoms with E-state index in [9.17, 15) is 4.79 Å². The number of rotatable bonds is 3. The van der Waals surface area contributed by atoms with Gasteiger partial charge in [0, 0.05) is 0 Å². The first-order valence-corrected chi connectivity index (χ1v) is 4.73. The van der Waals surface area contributed by atoms with Gasteiger partial charge < -0.3 is 10.5 Å². The van der Waals surface area contributed by atoms with Crippen molar-refractivity contribution in [1.29, 1.82) is 5.26 Å². The van der Waals surface area contributed by atoms with E-state index in [0.717, 1.165) is 11.3 Å². The zero-order valence-electron chi connectivity index (χ0n) is 7.61. The SMILES string of the molecule is Cc1nc(N)sc1C(=O)OCCC#N. The Labute approximate surface area is 85.1 Å². The van der Waals surface area contributed by atoms with Crippen LogP contribution in [0.1, 0.15) is 21.8 Å². The molecule has 0 amide bonds. The fourth-order valence-electron chi connectivity index (χ4n) is 0.862. The molecule has 74 valence electrons. The maximum atomic E-state index is 11.3. The number of esters is 1. The number of anilines is 1. The molecule has 5 nitrogen and oxygen atoms in total. The number of thiazole rings is 1. The van der Waals surface area contributed by atoms with E-state index in [2.05, 4.69) is 4.98 Å². The molecule has 0 saturated heterocycles. The molecule has 0 atom stereocenters. The maximum absolute atomic E-state index is 11.3. The van der Waals surface area contributed by atoms with E-state index in [-0.39, 0.29) is 13.0 Å². The number of aryl methyl sites for hydroxylation is 1. The average molecular weight is 211 g/mol. The lowest BCUT2D eigenvalue weighted by Gasteiger charge is -1.99. The topological polar surface area (TPSA) is 89.0 Å². The highest BCUT2D eigenvalue weighted by Crippen LogP contribution is 2.20. The number of nitriles is 1. The molecule has 2 N–H and O–H groups in total. The minimum absolute atomic E-state index is 0.104. The summed E-state index contributed by atoms with van der Waals surface area (Å²) in [4.78, 5) is 15.6. The fraction of sp³-hybridized carbons (Fsp3) is 0.375. The Balaban J connectivity index is 2.61. The van der Waals surface area contributed by atoms with E-state index < -0.39 is 5.97 Å². The molecular formula is C8H9N3O2S. The third kappa shape index (κ3) is 2.44. The summed E-state index contributed by atoms with van der Waals surface area (Å²) in [5, 5.41) is 8.58. The summed E-state index contributed by atoms with van der Waals surface area (Å²) < 4.78 is 4.82. The van der Waals surface area contributed by atoms with Gasteiger partial charge in [-0.3, -0.25) is 0 Å². The van der Waals surface area contributed by atoms with Crippen molar-refractivity contribution in [3.8, 4) is 6.07 Å². The van der Waals surface area contributed by atoms with Gasteiger partial charge in [0.15, 0.2) is 5.13 Å². The van der Waals surface area contributed by atoms with Gasteiger partial charge >= 0.3 is 5.97 Å². The van der Waals surface area contributed by atoms with Gasteiger partial charge in [0.1, 0.15) is 11.5 Å². The van der Waals surface area contributed by atoms with Crippen molar-refractivity contribution in [2.24, 2.45) is 0 Å². The molecule has 0 aliphatic carbocycles. The van der Waals surface area contributed by atoms with E-state index in [1.807, 2.05) is 6.07 Å². The molecule has 0 aromatic carbocycles. The second-order valence-electron chi connectivity index (χ2n) is 2.51. The van der Waals surface area contributed by atoms with Crippen LogP contribution in [0.4, 0.5) is 5.13 Å². The largest absolute Gasteiger partial charge is 0.460 e. The van der Waals surface area contributed by atoms with Crippen molar-refractivity contribution in [1.82, 2.24) is 4.98 Å². The number of hydrogen-bond acceptors (Lipinski definition) is 6. The van der Waals surface area contributed by atoms with Crippen LogP contribution in [0.15, 0.2) is 0 Å². The van der Waals surface area contributed by atoms with Crippen LogP contribution in [0.3, 0.4) is 0 Å². The number of ether oxygens (including phenoxy) is 1. The Hall–Kier alpha value is -1.61. The van der Waals surface area contributed by atoms with E-state index in [1.54, 1.807) is 6.92 Å². The predicted octanol–water partition coefficient (Wildman–Crippen LogP) is 1.10. The number of nitrogens with zero attached hydrogens (tertiary/aromatic N) is 2. The van der Waals surface area contributed by atoms with E-state index in [4.69, 9.17) is 15.7 Å². The molecular weight excluding hydrogens is 202 g/mol. The maximum Gasteiger partial charge on any atom is 0.350 e. The molecule has 1 rings (SSSR count). The van der Waals surface area contributed by atoms with Crippen LogP contribution in [0.25, 0.3) is 0 Å². The molecule has 0 bridgehead atoms. The lowest BCUT2D eigenvalue weighted by atomic mass is 10.4. The first-order chi connectivity index (χ1) is 6.65. The van der Waals surface area contributed by atoms with Crippen LogP contribution in [0.2, 0.25) is 0 Å². The van der Waals surface area contributed by atoms with Gasteiger partial charge in [-0.1, -0.05) is 11.3 Å². The Bertz CT molecular complexity index is 380. The molecule has 0 fully saturated rings. The molecule has 0 spiro atoms. The van der Waals surface area contributed by atoms with Crippen molar-refractivity contribution in [3.05, 3.63) is 10.6 Å². The average Bonchev–Trinajstić information content (AvgIpc) is 2.45. The highest BCUT2D eigenvalue weighted by atomic mass is 32.1. The summed E-state index contributed by atoms with van der Waals surface area (Å²) in [5.41, 5.74) is 5.98. The van der Waals surface area contributed by atoms with Crippen LogP contribution >= 0.6 is 11.3 Å². The van der Waals surface area contributed by atoms with Crippen molar-refractivity contribution in [2.45, 2.75) is 13.3 Å². The van der Waals surface area contributed by atoms with Gasteiger partial charge in [0.05, 0.1) is 18.2 Å². The quantitative estimate of drug-likeness (QED) is 0.597. The van der Waals surface area contributed by atoms with E-state index in [1.165, 1.54) is 0 Å². The molecule has 0 aliphatic heterocycles. The van der Waals surface area contributed by atoms with Gasteiger partial charge in [-0.25, -0.2) is 9.78 Å². The number of hydrogen-bond donors (Lipinski definition) is 1. The first-order valence-electron chi connectivity index (χ1n) is 3.92. The molecule has 14 heavy (non-hydrogen) atoms. The lowest BCUT2D eigenvalue weighted by Crippen LogP contribution is -2.05. The number of aromatic nitrogens is 1. The van der Waals surface area contributed by atoms with Gasteiger partial charge in [-0.05, 0) is 6.92 Å². The predicted molar refractivity (Wildman–Crippen MR) is 51.8 cm³/mol. The fourth-order valence-corrected chi connectivity index (χ4v) is 1.59. The minimum atomic E-state index is -0.466. The van der Waals surface area contributed by atoms with Crippen LogP contribution in [0.5, 0.6) is 0 Å². The Morgan fingerprint density at radius 3 is 3.00 bits per heavy atom. The summed E-state index contributed by atoms with van der Waals surface area (Å²) >= 11 is 1.09. The second-order valence-corrected chi connectivity index (χ2v) is 3.54. The zero-order chi connectivity index (χ0) is 10.6. The number of nitrogens with two attached hydrogens (primary N) is 1. The van der Waals surface area contributed by atoms with Crippen molar-refractivity contribution < 1.29 is 9.53 Å². The third-order valence-electron chi connectivity index (χ3n) is 1.45. The Morgan fingerprint density at radius 1 is 1.79 bits per heavy atom. The molecule has 1 aromatic rings. The molecule has 0 saturated carbocycles. The van der Waals surface area contributed by atoms with Crippen LogP contribution in [-0.2, 0) is 4.74 Å². The Morgan fingerprint density at radius 2 is 2.50 bits per heavy atom. The van der Waals surface area contributed by atoms with Crippen LogP contribution in [-0.4, -0.2) is 17.6 Å².